The van der Waals surface area contributed by atoms with Crippen molar-refractivity contribution in [2.24, 2.45) is 0 Å². The van der Waals surface area contributed by atoms with E-state index in [1.807, 2.05) is 18.2 Å². The highest BCUT2D eigenvalue weighted by molar-refractivity contribution is 6.34. The van der Waals surface area contributed by atoms with Gasteiger partial charge in [-0.2, -0.15) is 10.1 Å². The monoisotopic (exact) mass is 509 g/mol. The Balaban J connectivity index is 1.52. The first kappa shape index (κ1) is 23.1. The van der Waals surface area contributed by atoms with E-state index in [2.05, 4.69) is 37.3 Å². The maximum absolute atomic E-state index is 11.8. The number of hydrogen-bond acceptors (Lipinski definition) is 7. The molecular formula is C24H21Cl2N7O2. The van der Waals surface area contributed by atoms with E-state index in [1.165, 1.54) is 6.08 Å². The number of nitrogens with one attached hydrogen (secondary N) is 3. The number of nitrogens with zero attached hydrogens (tertiary/aromatic N) is 4. The van der Waals surface area contributed by atoms with E-state index in [0.717, 1.165) is 24.5 Å². The van der Waals surface area contributed by atoms with Crippen molar-refractivity contribution in [1.29, 1.82) is 0 Å². The van der Waals surface area contributed by atoms with Gasteiger partial charge < -0.3 is 20.3 Å². The average Bonchev–Trinajstić information content (AvgIpc) is 3.35. The Labute approximate surface area is 211 Å². The van der Waals surface area contributed by atoms with Crippen LogP contribution in [-0.2, 0) is 9.53 Å². The van der Waals surface area contributed by atoms with Gasteiger partial charge in [0, 0.05) is 30.0 Å². The standard InChI is InChI=1S/C24H21Cl2N7O2/c1-2-21(34)28-14-3-5-18(25)16(11-14)22-17-13-27-32-23(17)31-24(30-22)29-15-4-6-19(26)20(12-15)33-7-9-35-10-8-33/h2-6,11-13H,1,7-10H2,(H,28,34)(H2,27,29,30,31,32). The first-order chi connectivity index (χ1) is 17.0. The summed E-state index contributed by atoms with van der Waals surface area (Å²) in [4.78, 5) is 23.3. The molecule has 1 amide bonds. The van der Waals surface area contributed by atoms with Gasteiger partial charge in [0.25, 0.3) is 0 Å². The highest BCUT2D eigenvalue weighted by Gasteiger charge is 2.18. The van der Waals surface area contributed by atoms with Gasteiger partial charge in [0.15, 0.2) is 5.65 Å². The second kappa shape index (κ2) is 9.91. The molecule has 11 heteroatoms. The lowest BCUT2D eigenvalue weighted by atomic mass is 10.1. The summed E-state index contributed by atoms with van der Waals surface area (Å²) in [6.45, 7) is 6.33. The lowest BCUT2D eigenvalue weighted by molar-refractivity contribution is -0.111. The Hall–Kier alpha value is -3.66. The Bertz CT molecular complexity index is 1420. The zero-order valence-electron chi connectivity index (χ0n) is 18.5. The number of ether oxygens (including phenoxy) is 1. The van der Waals surface area contributed by atoms with E-state index >= 15 is 0 Å². The third-order valence-corrected chi connectivity index (χ3v) is 6.19. The zero-order valence-corrected chi connectivity index (χ0v) is 20.0. The van der Waals surface area contributed by atoms with Crippen LogP contribution in [0.5, 0.6) is 0 Å². The molecule has 1 fully saturated rings. The summed E-state index contributed by atoms with van der Waals surface area (Å²) in [7, 11) is 0. The number of carbonyl (C=O) groups excluding carboxylic acids is 1. The number of morpholine rings is 1. The van der Waals surface area contributed by atoms with Crippen molar-refractivity contribution in [2.45, 2.75) is 0 Å². The number of carbonyl (C=O) groups is 1. The van der Waals surface area contributed by atoms with Crippen molar-refractivity contribution in [2.75, 3.05) is 41.8 Å². The van der Waals surface area contributed by atoms with Crippen LogP contribution in [0.4, 0.5) is 23.0 Å². The number of halogens is 2. The maximum Gasteiger partial charge on any atom is 0.247 e. The number of aromatic nitrogens is 4. The fourth-order valence-electron chi connectivity index (χ4n) is 3.84. The highest BCUT2D eigenvalue weighted by Crippen LogP contribution is 2.35. The minimum atomic E-state index is -0.324. The maximum atomic E-state index is 11.8. The minimum absolute atomic E-state index is 0.324. The van der Waals surface area contributed by atoms with Crippen LogP contribution in [0.2, 0.25) is 10.0 Å². The van der Waals surface area contributed by atoms with E-state index in [0.29, 0.717) is 57.2 Å². The number of anilines is 4. The Morgan fingerprint density at radius 3 is 2.66 bits per heavy atom. The molecule has 1 aliphatic heterocycles. The first-order valence-corrected chi connectivity index (χ1v) is 11.6. The summed E-state index contributed by atoms with van der Waals surface area (Å²) in [5, 5.41) is 14.8. The molecule has 178 valence electrons. The largest absolute Gasteiger partial charge is 0.378 e. The van der Waals surface area contributed by atoms with Crippen LogP contribution in [0.25, 0.3) is 22.3 Å². The predicted octanol–water partition coefficient (Wildman–Crippen LogP) is 5.03. The van der Waals surface area contributed by atoms with Crippen molar-refractivity contribution in [3.63, 3.8) is 0 Å². The zero-order chi connectivity index (χ0) is 24.4. The molecule has 3 N–H and O–H groups in total. The molecule has 0 radical (unpaired) electrons. The van der Waals surface area contributed by atoms with Crippen LogP contribution in [-0.4, -0.2) is 52.4 Å². The molecule has 0 atom stereocenters. The van der Waals surface area contributed by atoms with Crippen LogP contribution >= 0.6 is 23.2 Å². The van der Waals surface area contributed by atoms with Crippen molar-refractivity contribution < 1.29 is 9.53 Å². The van der Waals surface area contributed by atoms with E-state index in [9.17, 15) is 4.79 Å². The Morgan fingerprint density at radius 2 is 1.86 bits per heavy atom. The quantitative estimate of drug-likeness (QED) is 0.312. The summed E-state index contributed by atoms with van der Waals surface area (Å²) in [6.07, 6.45) is 2.84. The molecule has 2 aromatic heterocycles. The molecule has 1 saturated heterocycles. The van der Waals surface area contributed by atoms with Gasteiger partial charge in [-0.15, -0.1) is 0 Å². The van der Waals surface area contributed by atoms with E-state index < -0.39 is 0 Å². The van der Waals surface area contributed by atoms with Gasteiger partial charge in [0.2, 0.25) is 11.9 Å². The first-order valence-electron chi connectivity index (χ1n) is 10.9. The van der Waals surface area contributed by atoms with Gasteiger partial charge >= 0.3 is 0 Å². The van der Waals surface area contributed by atoms with Crippen molar-refractivity contribution in [3.8, 4) is 11.3 Å². The molecule has 9 nitrogen and oxygen atoms in total. The molecule has 35 heavy (non-hydrogen) atoms. The molecule has 0 unspecified atom stereocenters. The van der Waals surface area contributed by atoms with E-state index in [4.69, 9.17) is 32.9 Å². The molecule has 4 aromatic rings. The molecule has 0 spiro atoms. The molecular weight excluding hydrogens is 489 g/mol. The molecule has 0 saturated carbocycles. The minimum Gasteiger partial charge on any atom is -0.378 e. The Kier molecular flexibility index (Phi) is 6.54. The SMILES string of the molecule is C=CC(=O)Nc1ccc(Cl)c(-c2nc(Nc3ccc(Cl)c(N4CCOCC4)c3)nc3[nH]ncc23)c1. The van der Waals surface area contributed by atoms with E-state index in [1.54, 1.807) is 24.4 Å². The van der Waals surface area contributed by atoms with Gasteiger partial charge in [-0.3, -0.25) is 9.89 Å². The lowest BCUT2D eigenvalue weighted by Crippen LogP contribution is -2.36. The fourth-order valence-corrected chi connectivity index (χ4v) is 4.28. The summed E-state index contributed by atoms with van der Waals surface area (Å²) < 4.78 is 5.45. The topological polar surface area (TPSA) is 108 Å². The third-order valence-electron chi connectivity index (χ3n) is 5.54. The van der Waals surface area contributed by atoms with Gasteiger partial charge in [0.05, 0.1) is 46.2 Å². The Morgan fingerprint density at radius 1 is 1.09 bits per heavy atom. The highest BCUT2D eigenvalue weighted by atomic mass is 35.5. The predicted molar refractivity (Wildman–Crippen MR) is 139 cm³/mol. The third kappa shape index (κ3) is 4.93. The lowest BCUT2D eigenvalue weighted by Gasteiger charge is -2.29. The molecule has 0 aliphatic carbocycles. The van der Waals surface area contributed by atoms with Crippen LogP contribution in [0.3, 0.4) is 0 Å². The second-order valence-corrected chi connectivity index (χ2v) is 8.62. The van der Waals surface area contributed by atoms with Gasteiger partial charge in [-0.25, -0.2) is 4.98 Å². The molecule has 0 bridgehead atoms. The summed E-state index contributed by atoms with van der Waals surface area (Å²) in [5.41, 5.74) is 3.97. The number of rotatable bonds is 6. The smallest absolute Gasteiger partial charge is 0.247 e. The number of hydrogen-bond donors (Lipinski definition) is 3. The van der Waals surface area contributed by atoms with Crippen molar-refractivity contribution >= 4 is 63.2 Å². The van der Waals surface area contributed by atoms with Gasteiger partial charge in [-0.1, -0.05) is 29.8 Å². The van der Waals surface area contributed by atoms with Crippen LogP contribution < -0.4 is 15.5 Å². The normalized spacial score (nSPS) is 13.6. The number of amides is 1. The summed E-state index contributed by atoms with van der Waals surface area (Å²) in [5.74, 6) is 0.0270. The average molecular weight is 510 g/mol. The molecule has 2 aromatic carbocycles. The van der Waals surface area contributed by atoms with Crippen LogP contribution in [0, 0.1) is 0 Å². The molecule has 1 aliphatic rings. The number of fused-ring (bicyclic) bond motifs is 1. The number of aromatic amines is 1. The molecule has 3 heterocycles. The fraction of sp³-hybridized carbons (Fsp3) is 0.167. The van der Waals surface area contributed by atoms with Crippen LogP contribution in [0.15, 0.2) is 55.3 Å². The van der Waals surface area contributed by atoms with Gasteiger partial charge in [-0.05, 0) is 42.5 Å². The van der Waals surface area contributed by atoms with Crippen LogP contribution in [0.1, 0.15) is 0 Å². The van der Waals surface area contributed by atoms with Crippen molar-refractivity contribution in [1.82, 2.24) is 20.2 Å². The summed E-state index contributed by atoms with van der Waals surface area (Å²) >= 11 is 13.0. The van der Waals surface area contributed by atoms with E-state index in [-0.39, 0.29) is 5.91 Å². The number of benzene rings is 2. The summed E-state index contributed by atoms with van der Waals surface area (Å²) in [6, 6.07) is 10.8. The molecule has 5 rings (SSSR count). The van der Waals surface area contributed by atoms with Gasteiger partial charge in [0.1, 0.15) is 0 Å². The van der Waals surface area contributed by atoms with Crippen molar-refractivity contribution in [3.05, 3.63) is 65.3 Å². The second-order valence-electron chi connectivity index (χ2n) is 7.81. The number of H-pyrrole nitrogens is 1.